The molecule has 2 aromatic carbocycles. The fourth-order valence-corrected chi connectivity index (χ4v) is 2.58. The van der Waals surface area contributed by atoms with Gasteiger partial charge < -0.3 is 0 Å². The van der Waals surface area contributed by atoms with Gasteiger partial charge in [0.1, 0.15) is 5.69 Å². The van der Waals surface area contributed by atoms with Gasteiger partial charge in [-0.25, -0.2) is 9.50 Å². The highest BCUT2D eigenvalue weighted by atomic mass is 16.1. The van der Waals surface area contributed by atoms with Crippen LogP contribution in [0.25, 0.3) is 16.8 Å². The van der Waals surface area contributed by atoms with E-state index >= 15 is 0 Å². The lowest BCUT2D eigenvalue weighted by Gasteiger charge is -2.09. The molecule has 0 aliphatic heterocycles. The van der Waals surface area contributed by atoms with Crippen molar-refractivity contribution in [3.05, 3.63) is 90.4 Å². The van der Waals surface area contributed by atoms with Gasteiger partial charge in [-0.05, 0) is 5.56 Å². The van der Waals surface area contributed by atoms with Crippen molar-refractivity contribution in [1.82, 2.24) is 14.6 Å². The van der Waals surface area contributed by atoms with E-state index in [0.717, 1.165) is 11.1 Å². The summed E-state index contributed by atoms with van der Waals surface area (Å²) < 4.78 is 1.68. The molecule has 0 atom stereocenters. The third-order valence-electron chi connectivity index (χ3n) is 3.72. The third kappa shape index (κ3) is 2.40. The molecule has 0 fully saturated rings. The first-order valence-corrected chi connectivity index (χ1v) is 7.32. The molecule has 23 heavy (non-hydrogen) atoms. The van der Waals surface area contributed by atoms with Crippen LogP contribution < -0.4 is 0 Å². The summed E-state index contributed by atoms with van der Waals surface area (Å²) in [5.41, 5.74) is 3.44. The maximum atomic E-state index is 12.9. The number of hydrogen-bond donors (Lipinski definition) is 0. The second kappa shape index (κ2) is 5.50. The molecule has 2 aromatic heterocycles. The van der Waals surface area contributed by atoms with Crippen molar-refractivity contribution in [2.24, 2.45) is 0 Å². The standard InChI is InChI=1S/C19H13N3O/c23-19(15-9-5-2-6-10-15)18-16(14-7-3-1-4-8-14)13-22-17(21-18)11-12-20-22/h1-13H. The lowest BCUT2D eigenvalue weighted by Crippen LogP contribution is -2.08. The van der Waals surface area contributed by atoms with Crippen LogP contribution in [0.5, 0.6) is 0 Å². The van der Waals surface area contributed by atoms with E-state index in [1.165, 1.54) is 0 Å². The minimum absolute atomic E-state index is 0.0897. The monoisotopic (exact) mass is 299 g/mol. The van der Waals surface area contributed by atoms with Crippen molar-refractivity contribution in [2.45, 2.75) is 0 Å². The molecule has 4 rings (SSSR count). The maximum Gasteiger partial charge on any atom is 0.212 e. The molecule has 0 saturated heterocycles. The molecule has 0 aliphatic carbocycles. The first-order chi connectivity index (χ1) is 11.3. The van der Waals surface area contributed by atoms with E-state index in [2.05, 4.69) is 10.1 Å². The Kier molecular flexibility index (Phi) is 3.20. The van der Waals surface area contributed by atoms with Crippen molar-refractivity contribution >= 4 is 11.4 Å². The van der Waals surface area contributed by atoms with Crippen LogP contribution in [0.3, 0.4) is 0 Å². The van der Waals surface area contributed by atoms with Gasteiger partial charge in [-0.15, -0.1) is 0 Å². The van der Waals surface area contributed by atoms with E-state index in [1.807, 2.05) is 54.7 Å². The zero-order valence-corrected chi connectivity index (χ0v) is 12.3. The van der Waals surface area contributed by atoms with Gasteiger partial charge in [-0.1, -0.05) is 60.7 Å². The van der Waals surface area contributed by atoms with Crippen LogP contribution >= 0.6 is 0 Å². The van der Waals surface area contributed by atoms with E-state index in [1.54, 1.807) is 28.9 Å². The van der Waals surface area contributed by atoms with Crippen LogP contribution in [-0.4, -0.2) is 20.4 Å². The molecule has 4 heteroatoms. The van der Waals surface area contributed by atoms with Crippen molar-refractivity contribution < 1.29 is 4.79 Å². The summed E-state index contributed by atoms with van der Waals surface area (Å²) in [6.45, 7) is 0. The SMILES string of the molecule is O=C(c1ccccc1)c1nc2ccnn2cc1-c1ccccc1. The quantitative estimate of drug-likeness (QED) is 0.543. The second-order valence-electron chi connectivity index (χ2n) is 5.20. The highest BCUT2D eigenvalue weighted by Gasteiger charge is 2.18. The molecule has 110 valence electrons. The molecule has 0 saturated carbocycles. The van der Waals surface area contributed by atoms with Crippen molar-refractivity contribution in [2.75, 3.05) is 0 Å². The van der Waals surface area contributed by atoms with Gasteiger partial charge >= 0.3 is 0 Å². The second-order valence-corrected chi connectivity index (χ2v) is 5.20. The Labute approximate surface area is 133 Å². The molecule has 0 N–H and O–H groups in total. The summed E-state index contributed by atoms with van der Waals surface area (Å²) in [7, 11) is 0. The van der Waals surface area contributed by atoms with Crippen LogP contribution in [0.2, 0.25) is 0 Å². The lowest BCUT2D eigenvalue weighted by molar-refractivity contribution is 0.103. The summed E-state index contributed by atoms with van der Waals surface area (Å²) in [6, 6.07) is 20.8. The highest BCUT2D eigenvalue weighted by Crippen LogP contribution is 2.25. The van der Waals surface area contributed by atoms with Crippen LogP contribution in [0, 0.1) is 0 Å². The number of nitrogens with zero attached hydrogens (tertiary/aromatic N) is 3. The van der Waals surface area contributed by atoms with Gasteiger partial charge in [-0.2, -0.15) is 5.10 Å². The van der Waals surface area contributed by atoms with E-state index in [0.29, 0.717) is 16.9 Å². The zero-order valence-electron chi connectivity index (χ0n) is 12.3. The number of fused-ring (bicyclic) bond motifs is 1. The van der Waals surface area contributed by atoms with E-state index in [9.17, 15) is 4.79 Å². The van der Waals surface area contributed by atoms with Crippen molar-refractivity contribution in [3.63, 3.8) is 0 Å². The Balaban J connectivity index is 1.95. The molecule has 0 unspecified atom stereocenters. The number of hydrogen-bond acceptors (Lipinski definition) is 3. The maximum absolute atomic E-state index is 12.9. The van der Waals surface area contributed by atoms with Crippen LogP contribution in [-0.2, 0) is 0 Å². The summed E-state index contributed by atoms with van der Waals surface area (Å²) in [4.78, 5) is 17.5. The van der Waals surface area contributed by atoms with Crippen molar-refractivity contribution in [1.29, 1.82) is 0 Å². The number of carbonyl (C=O) groups excluding carboxylic acids is 1. The average Bonchev–Trinajstić information content (AvgIpc) is 3.09. The normalized spacial score (nSPS) is 10.8. The molecule has 0 radical (unpaired) electrons. The minimum atomic E-state index is -0.0897. The number of rotatable bonds is 3. The van der Waals surface area contributed by atoms with Gasteiger partial charge in [0.2, 0.25) is 5.78 Å². The smallest absolute Gasteiger partial charge is 0.212 e. The van der Waals surface area contributed by atoms with Gasteiger partial charge in [0.05, 0.1) is 6.20 Å². The van der Waals surface area contributed by atoms with Crippen LogP contribution in [0.4, 0.5) is 0 Å². The van der Waals surface area contributed by atoms with Gasteiger partial charge in [0.15, 0.2) is 5.65 Å². The molecule has 0 amide bonds. The molecule has 2 heterocycles. The third-order valence-corrected chi connectivity index (χ3v) is 3.72. The number of aromatic nitrogens is 3. The van der Waals surface area contributed by atoms with Crippen molar-refractivity contribution in [3.8, 4) is 11.1 Å². The predicted molar refractivity (Wildman–Crippen MR) is 88.3 cm³/mol. The van der Waals surface area contributed by atoms with E-state index < -0.39 is 0 Å². The summed E-state index contributed by atoms with van der Waals surface area (Å²) in [5.74, 6) is -0.0897. The van der Waals surface area contributed by atoms with E-state index in [-0.39, 0.29) is 5.78 Å². The Bertz CT molecular complexity index is 975. The number of benzene rings is 2. The van der Waals surface area contributed by atoms with Gasteiger partial charge in [0.25, 0.3) is 0 Å². The fourth-order valence-electron chi connectivity index (χ4n) is 2.58. The molecule has 0 bridgehead atoms. The molecular formula is C19H13N3O. The zero-order chi connectivity index (χ0) is 15.6. The molecule has 4 nitrogen and oxygen atoms in total. The predicted octanol–water partition coefficient (Wildman–Crippen LogP) is 3.63. The van der Waals surface area contributed by atoms with Gasteiger partial charge in [-0.3, -0.25) is 4.79 Å². The molecule has 4 aromatic rings. The Morgan fingerprint density at radius 3 is 2.30 bits per heavy atom. The lowest BCUT2D eigenvalue weighted by atomic mass is 10.00. The molecule has 0 spiro atoms. The highest BCUT2D eigenvalue weighted by molar-refractivity contribution is 6.11. The topological polar surface area (TPSA) is 47.3 Å². The summed E-state index contributed by atoms with van der Waals surface area (Å²) in [5, 5.41) is 4.22. The first kappa shape index (κ1) is 13.4. The van der Waals surface area contributed by atoms with E-state index in [4.69, 9.17) is 0 Å². The minimum Gasteiger partial charge on any atom is -0.287 e. The molecular weight excluding hydrogens is 286 g/mol. The number of ketones is 1. The van der Waals surface area contributed by atoms with Crippen LogP contribution in [0.1, 0.15) is 16.1 Å². The average molecular weight is 299 g/mol. The van der Waals surface area contributed by atoms with Gasteiger partial charge in [0, 0.05) is 23.4 Å². The Morgan fingerprint density at radius 2 is 1.57 bits per heavy atom. The summed E-state index contributed by atoms with van der Waals surface area (Å²) in [6.07, 6.45) is 3.53. The Morgan fingerprint density at radius 1 is 0.870 bits per heavy atom. The van der Waals surface area contributed by atoms with Crippen LogP contribution in [0.15, 0.2) is 79.1 Å². The Hall–Kier alpha value is -3.27. The summed E-state index contributed by atoms with van der Waals surface area (Å²) >= 11 is 0. The molecule has 0 aliphatic rings. The largest absolute Gasteiger partial charge is 0.287 e. The fraction of sp³-hybridized carbons (Fsp3) is 0. The number of carbonyl (C=O) groups is 1. The first-order valence-electron chi connectivity index (χ1n) is 7.32.